The number of ether oxygens (including phenoxy) is 1. The number of nitro benzene ring substituents is 1. The number of carbonyl (C=O) groups excluding carboxylic acids is 2. The van der Waals surface area contributed by atoms with Gasteiger partial charge in [-0.2, -0.15) is 13.2 Å². The third-order valence-corrected chi connectivity index (χ3v) is 4.53. The van der Waals surface area contributed by atoms with Crippen molar-refractivity contribution in [3.8, 4) is 0 Å². The number of nitro groups is 1. The number of nitrogens with zero attached hydrogens (tertiary/aromatic N) is 2. The summed E-state index contributed by atoms with van der Waals surface area (Å²) in [5.74, 6) is -1.25. The Labute approximate surface area is 153 Å². The van der Waals surface area contributed by atoms with E-state index < -0.39 is 40.3 Å². The van der Waals surface area contributed by atoms with Gasteiger partial charge in [-0.25, -0.2) is 0 Å². The highest BCUT2D eigenvalue weighted by molar-refractivity contribution is 5.83. The van der Waals surface area contributed by atoms with E-state index in [2.05, 4.69) is 0 Å². The second-order valence-electron chi connectivity index (χ2n) is 6.41. The predicted molar refractivity (Wildman–Crippen MR) is 89.3 cm³/mol. The van der Waals surface area contributed by atoms with Crippen LogP contribution in [0.5, 0.6) is 0 Å². The lowest BCUT2D eigenvalue weighted by Crippen LogP contribution is -2.38. The van der Waals surface area contributed by atoms with Crippen molar-refractivity contribution in [1.29, 1.82) is 0 Å². The first-order valence-corrected chi connectivity index (χ1v) is 8.32. The first-order valence-electron chi connectivity index (χ1n) is 8.32. The highest BCUT2D eigenvalue weighted by atomic mass is 19.4. The average Bonchev–Trinajstić information content (AvgIpc) is 2.60. The van der Waals surface area contributed by atoms with Crippen LogP contribution in [0, 0.1) is 16.0 Å². The Morgan fingerprint density at radius 3 is 2.37 bits per heavy atom. The molecule has 1 fully saturated rings. The predicted octanol–water partition coefficient (Wildman–Crippen LogP) is 3.35. The Balaban J connectivity index is 2.10. The monoisotopic (exact) mass is 388 g/mol. The number of anilines is 1. The summed E-state index contributed by atoms with van der Waals surface area (Å²) >= 11 is 0. The molecule has 0 bridgehead atoms. The minimum atomic E-state index is -4.67. The number of hydrogen-bond acceptors (Lipinski definition) is 6. The molecule has 148 valence electrons. The van der Waals surface area contributed by atoms with E-state index in [1.165, 1.54) is 13.8 Å². The largest absolute Gasteiger partial charge is 0.454 e. The molecule has 0 spiro atoms. The van der Waals surface area contributed by atoms with E-state index in [4.69, 9.17) is 4.74 Å². The quantitative estimate of drug-likeness (QED) is 0.437. The van der Waals surface area contributed by atoms with Crippen molar-refractivity contribution in [2.75, 3.05) is 18.0 Å². The number of carbonyl (C=O) groups is 2. The van der Waals surface area contributed by atoms with Crippen molar-refractivity contribution in [2.45, 2.75) is 39.0 Å². The zero-order valence-corrected chi connectivity index (χ0v) is 14.8. The molecule has 1 aliphatic heterocycles. The molecule has 0 aliphatic carbocycles. The van der Waals surface area contributed by atoms with Gasteiger partial charge in [0.15, 0.2) is 11.9 Å². The van der Waals surface area contributed by atoms with Crippen LogP contribution in [0.2, 0.25) is 0 Å². The maximum absolute atomic E-state index is 12.8. The van der Waals surface area contributed by atoms with E-state index in [-0.39, 0.29) is 24.6 Å². The van der Waals surface area contributed by atoms with Gasteiger partial charge in [-0.3, -0.25) is 19.7 Å². The molecular weight excluding hydrogens is 369 g/mol. The Morgan fingerprint density at radius 1 is 1.30 bits per heavy atom. The zero-order chi connectivity index (χ0) is 20.4. The summed E-state index contributed by atoms with van der Waals surface area (Å²) in [5, 5.41) is 11.2. The van der Waals surface area contributed by atoms with Gasteiger partial charge in [-0.05, 0) is 38.8 Å². The smallest absolute Gasteiger partial charge is 0.416 e. The van der Waals surface area contributed by atoms with E-state index in [1.807, 2.05) is 0 Å². The van der Waals surface area contributed by atoms with Crippen LogP contribution in [0.4, 0.5) is 24.5 Å². The van der Waals surface area contributed by atoms with Gasteiger partial charge in [-0.1, -0.05) is 0 Å². The van der Waals surface area contributed by atoms with E-state index in [1.54, 1.807) is 4.90 Å². The number of rotatable bonds is 5. The number of benzene rings is 1. The molecule has 2 rings (SSSR count). The van der Waals surface area contributed by atoms with Gasteiger partial charge >= 0.3 is 12.1 Å². The van der Waals surface area contributed by atoms with Gasteiger partial charge in [0.25, 0.3) is 5.69 Å². The first kappa shape index (κ1) is 20.7. The SMILES string of the molecule is CC(=O)C(C)OC(=O)C1CCN(c2ccc(C(F)(F)F)cc2[N+](=O)[O-])CC1. The van der Waals surface area contributed by atoms with Crippen molar-refractivity contribution >= 4 is 23.1 Å². The molecule has 1 atom stereocenters. The standard InChI is InChI=1S/C17H19F3N2O5/c1-10(23)11(2)27-16(24)12-5-7-21(8-6-12)14-4-3-13(17(18,19)20)9-15(14)22(25)26/h3-4,9,11-12H,5-8H2,1-2H3. The minimum absolute atomic E-state index is 0.0805. The molecule has 10 heteroatoms. The normalized spacial score (nSPS) is 16.7. The van der Waals surface area contributed by atoms with Crippen LogP contribution in [0.15, 0.2) is 18.2 Å². The van der Waals surface area contributed by atoms with Crippen LogP contribution in [0.25, 0.3) is 0 Å². The molecule has 1 heterocycles. The highest BCUT2D eigenvalue weighted by Crippen LogP contribution is 2.37. The average molecular weight is 388 g/mol. The van der Waals surface area contributed by atoms with Gasteiger partial charge in [0.1, 0.15) is 5.69 Å². The van der Waals surface area contributed by atoms with Crippen LogP contribution >= 0.6 is 0 Å². The topological polar surface area (TPSA) is 89.8 Å². The van der Waals surface area contributed by atoms with Crippen LogP contribution < -0.4 is 4.90 Å². The van der Waals surface area contributed by atoms with Gasteiger partial charge < -0.3 is 9.64 Å². The molecule has 0 aromatic heterocycles. The summed E-state index contributed by atoms with van der Waals surface area (Å²) in [6.45, 7) is 3.28. The fourth-order valence-electron chi connectivity index (χ4n) is 2.82. The summed E-state index contributed by atoms with van der Waals surface area (Å²) in [4.78, 5) is 35.2. The van der Waals surface area contributed by atoms with Crippen molar-refractivity contribution in [3.05, 3.63) is 33.9 Å². The molecule has 0 saturated carbocycles. The zero-order valence-electron chi connectivity index (χ0n) is 14.8. The van der Waals surface area contributed by atoms with Crippen LogP contribution in [-0.4, -0.2) is 35.9 Å². The van der Waals surface area contributed by atoms with Crippen molar-refractivity contribution in [3.63, 3.8) is 0 Å². The van der Waals surface area contributed by atoms with Crippen molar-refractivity contribution < 1.29 is 32.4 Å². The lowest BCUT2D eigenvalue weighted by atomic mass is 9.96. The first-order chi connectivity index (χ1) is 12.5. The minimum Gasteiger partial charge on any atom is -0.454 e. The third-order valence-electron chi connectivity index (χ3n) is 4.53. The third kappa shape index (κ3) is 4.95. The van der Waals surface area contributed by atoms with Crippen molar-refractivity contribution in [1.82, 2.24) is 0 Å². The molecule has 1 saturated heterocycles. The number of alkyl halides is 3. The Kier molecular flexibility index (Phi) is 6.07. The number of hydrogen-bond donors (Lipinski definition) is 0. The van der Waals surface area contributed by atoms with Crippen molar-refractivity contribution in [2.24, 2.45) is 5.92 Å². The van der Waals surface area contributed by atoms with Gasteiger partial charge in [0.05, 0.1) is 16.4 Å². The second kappa shape index (κ2) is 7.93. The Morgan fingerprint density at radius 2 is 1.89 bits per heavy atom. The van der Waals surface area contributed by atoms with E-state index in [9.17, 15) is 32.9 Å². The molecular formula is C17H19F3N2O5. The van der Waals surface area contributed by atoms with Crippen LogP contribution in [0.3, 0.4) is 0 Å². The molecule has 0 radical (unpaired) electrons. The Bertz CT molecular complexity index is 743. The molecule has 1 aromatic carbocycles. The number of Topliss-reactive ketones (excluding diaryl/α,β-unsaturated/α-hetero) is 1. The maximum Gasteiger partial charge on any atom is 0.416 e. The van der Waals surface area contributed by atoms with E-state index >= 15 is 0 Å². The number of ketones is 1. The Hall–Kier alpha value is -2.65. The fourth-order valence-corrected chi connectivity index (χ4v) is 2.82. The molecule has 1 aromatic rings. The molecule has 0 N–H and O–H groups in total. The van der Waals surface area contributed by atoms with E-state index in [0.717, 1.165) is 12.1 Å². The fraction of sp³-hybridized carbons (Fsp3) is 0.529. The molecule has 0 amide bonds. The van der Waals surface area contributed by atoms with Crippen LogP contribution in [-0.2, 0) is 20.5 Å². The summed E-state index contributed by atoms with van der Waals surface area (Å²) in [5.41, 5.74) is -1.64. The lowest BCUT2D eigenvalue weighted by Gasteiger charge is -2.32. The second-order valence-corrected chi connectivity index (χ2v) is 6.41. The van der Waals surface area contributed by atoms with Crippen LogP contribution in [0.1, 0.15) is 32.3 Å². The molecule has 7 nitrogen and oxygen atoms in total. The highest BCUT2D eigenvalue weighted by Gasteiger charge is 2.35. The van der Waals surface area contributed by atoms with Gasteiger partial charge in [0, 0.05) is 19.2 Å². The van der Waals surface area contributed by atoms with E-state index in [0.29, 0.717) is 18.9 Å². The number of halogens is 3. The number of esters is 1. The maximum atomic E-state index is 12.8. The molecule has 1 unspecified atom stereocenters. The summed E-state index contributed by atoms with van der Waals surface area (Å²) < 4.78 is 43.5. The molecule has 27 heavy (non-hydrogen) atoms. The lowest BCUT2D eigenvalue weighted by molar-refractivity contribution is -0.384. The van der Waals surface area contributed by atoms with Gasteiger partial charge in [-0.15, -0.1) is 0 Å². The van der Waals surface area contributed by atoms with Gasteiger partial charge in [0.2, 0.25) is 0 Å². The summed E-state index contributed by atoms with van der Waals surface area (Å²) in [7, 11) is 0. The summed E-state index contributed by atoms with van der Waals surface area (Å²) in [6, 6.07) is 2.40. The summed E-state index contributed by atoms with van der Waals surface area (Å²) in [6.07, 6.45) is -4.87. The molecule has 1 aliphatic rings. The number of piperidine rings is 1.